The number of rotatable bonds is 2. The lowest BCUT2D eigenvalue weighted by Gasteiger charge is -2.36. The average Bonchev–Trinajstić information content (AvgIpc) is 2.45. The fraction of sp³-hybridized carbons (Fsp3) is 1.00. The van der Waals surface area contributed by atoms with Gasteiger partial charge < -0.3 is 5.32 Å². The Morgan fingerprint density at radius 2 is 1.94 bits per heavy atom. The highest BCUT2D eigenvalue weighted by atomic mass is 32.2. The van der Waals surface area contributed by atoms with Crippen LogP contribution in [0.25, 0.3) is 0 Å². The van der Waals surface area contributed by atoms with Gasteiger partial charge in [0.05, 0.1) is 11.5 Å². The standard InChI is InChI=1S/C12H23NO2S/c1-10-5-3-4-6-11(10)13-12(2)7-8-16(14,15)9-12/h10-11,13H,3-9H2,1-2H3. The van der Waals surface area contributed by atoms with Crippen LogP contribution in [0.15, 0.2) is 0 Å². The van der Waals surface area contributed by atoms with Gasteiger partial charge in [0.25, 0.3) is 0 Å². The Bertz CT molecular complexity index is 352. The third-order valence-corrected chi connectivity index (χ3v) is 6.05. The lowest BCUT2D eigenvalue weighted by molar-refractivity contribution is 0.225. The minimum Gasteiger partial charge on any atom is -0.307 e. The van der Waals surface area contributed by atoms with Crippen LogP contribution in [0.1, 0.15) is 46.0 Å². The van der Waals surface area contributed by atoms with Gasteiger partial charge in [0, 0.05) is 11.6 Å². The molecule has 0 spiro atoms. The molecule has 0 amide bonds. The van der Waals surface area contributed by atoms with Gasteiger partial charge in [-0.05, 0) is 32.1 Å². The molecule has 0 aromatic carbocycles. The van der Waals surface area contributed by atoms with Crippen LogP contribution < -0.4 is 5.32 Å². The third-order valence-electron chi connectivity index (χ3n) is 4.15. The zero-order valence-electron chi connectivity index (χ0n) is 10.3. The van der Waals surface area contributed by atoms with Gasteiger partial charge in [-0.15, -0.1) is 0 Å². The third kappa shape index (κ3) is 2.77. The van der Waals surface area contributed by atoms with Crippen molar-refractivity contribution in [3.05, 3.63) is 0 Å². The predicted octanol–water partition coefficient (Wildman–Crippen LogP) is 1.73. The van der Waals surface area contributed by atoms with Crippen molar-refractivity contribution in [1.29, 1.82) is 0 Å². The summed E-state index contributed by atoms with van der Waals surface area (Å²) in [7, 11) is -2.78. The van der Waals surface area contributed by atoms with Gasteiger partial charge in [0.2, 0.25) is 0 Å². The van der Waals surface area contributed by atoms with Crippen LogP contribution in [-0.2, 0) is 9.84 Å². The molecule has 94 valence electrons. The molecule has 2 aliphatic rings. The molecule has 3 unspecified atom stereocenters. The van der Waals surface area contributed by atoms with Crippen molar-refractivity contribution in [3.8, 4) is 0 Å². The first-order valence-electron chi connectivity index (χ1n) is 6.38. The molecule has 1 saturated carbocycles. The zero-order chi connectivity index (χ0) is 11.8. The Labute approximate surface area is 98.9 Å². The van der Waals surface area contributed by atoms with E-state index in [1.165, 1.54) is 25.7 Å². The van der Waals surface area contributed by atoms with Crippen LogP contribution >= 0.6 is 0 Å². The Morgan fingerprint density at radius 3 is 2.50 bits per heavy atom. The molecule has 2 fully saturated rings. The van der Waals surface area contributed by atoms with Crippen molar-refractivity contribution in [2.75, 3.05) is 11.5 Å². The summed E-state index contributed by atoms with van der Waals surface area (Å²) in [6, 6.07) is 0.520. The summed E-state index contributed by atoms with van der Waals surface area (Å²) in [6.45, 7) is 4.35. The summed E-state index contributed by atoms with van der Waals surface area (Å²) in [5.74, 6) is 1.37. The number of hydrogen-bond donors (Lipinski definition) is 1. The molecule has 0 aromatic rings. The predicted molar refractivity (Wildman–Crippen MR) is 66.2 cm³/mol. The average molecular weight is 245 g/mol. The maximum Gasteiger partial charge on any atom is 0.152 e. The van der Waals surface area contributed by atoms with Gasteiger partial charge in [0.1, 0.15) is 0 Å². The van der Waals surface area contributed by atoms with Crippen molar-refractivity contribution in [2.24, 2.45) is 5.92 Å². The Hall–Kier alpha value is -0.0900. The fourth-order valence-electron chi connectivity index (χ4n) is 3.10. The maximum absolute atomic E-state index is 11.5. The summed E-state index contributed by atoms with van der Waals surface area (Å²) in [5, 5.41) is 3.62. The molecule has 3 nitrogen and oxygen atoms in total. The molecule has 0 bridgehead atoms. The van der Waals surface area contributed by atoms with E-state index < -0.39 is 9.84 Å². The van der Waals surface area contributed by atoms with E-state index >= 15 is 0 Å². The van der Waals surface area contributed by atoms with Crippen LogP contribution in [0.2, 0.25) is 0 Å². The molecule has 1 N–H and O–H groups in total. The molecule has 4 heteroatoms. The van der Waals surface area contributed by atoms with Crippen LogP contribution in [0.5, 0.6) is 0 Å². The van der Waals surface area contributed by atoms with Gasteiger partial charge in [-0.3, -0.25) is 0 Å². The summed E-state index contributed by atoms with van der Waals surface area (Å²) in [5.41, 5.74) is -0.172. The second-order valence-corrected chi connectivity index (χ2v) is 8.10. The van der Waals surface area contributed by atoms with Crippen molar-refractivity contribution >= 4 is 9.84 Å². The molecule has 0 radical (unpaired) electrons. The normalized spacial score (nSPS) is 43.4. The first-order valence-corrected chi connectivity index (χ1v) is 8.21. The van der Waals surface area contributed by atoms with Crippen molar-refractivity contribution < 1.29 is 8.42 Å². The second kappa shape index (κ2) is 4.30. The summed E-state index contributed by atoms with van der Waals surface area (Å²) in [6.07, 6.45) is 5.87. The molecular formula is C12H23NO2S. The van der Waals surface area contributed by atoms with E-state index in [-0.39, 0.29) is 5.54 Å². The lowest BCUT2D eigenvalue weighted by Crippen LogP contribution is -2.52. The lowest BCUT2D eigenvalue weighted by atomic mass is 9.84. The number of hydrogen-bond acceptors (Lipinski definition) is 3. The minimum atomic E-state index is -2.78. The topological polar surface area (TPSA) is 46.2 Å². The highest BCUT2D eigenvalue weighted by molar-refractivity contribution is 7.91. The van der Waals surface area contributed by atoms with Gasteiger partial charge in [-0.2, -0.15) is 0 Å². The summed E-state index contributed by atoms with van der Waals surface area (Å²) >= 11 is 0. The minimum absolute atomic E-state index is 0.172. The number of sulfone groups is 1. The van der Waals surface area contributed by atoms with Gasteiger partial charge >= 0.3 is 0 Å². The van der Waals surface area contributed by atoms with E-state index in [1.807, 2.05) is 0 Å². The van der Waals surface area contributed by atoms with E-state index in [9.17, 15) is 8.42 Å². The Balaban J connectivity index is 1.98. The highest BCUT2D eigenvalue weighted by Gasteiger charge is 2.40. The van der Waals surface area contributed by atoms with E-state index in [4.69, 9.17) is 0 Å². The van der Waals surface area contributed by atoms with Crippen LogP contribution in [0.4, 0.5) is 0 Å². The van der Waals surface area contributed by atoms with E-state index in [0.717, 1.165) is 6.42 Å². The van der Waals surface area contributed by atoms with Crippen LogP contribution in [-0.4, -0.2) is 31.5 Å². The SMILES string of the molecule is CC1CCCCC1NC1(C)CCS(=O)(=O)C1. The molecule has 3 atom stereocenters. The quantitative estimate of drug-likeness (QED) is 0.806. The highest BCUT2D eigenvalue weighted by Crippen LogP contribution is 2.29. The van der Waals surface area contributed by atoms with Gasteiger partial charge in [0.15, 0.2) is 9.84 Å². The van der Waals surface area contributed by atoms with Crippen LogP contribution in [0.3, 0.4) is 0 Å². The first-order chi connectivity index (χ1) is 7.40. The molecule has 1 saturated heterocycles. The number of nitrogens with one attached hydrogen (secondary N) is 1. The summed E-state index contributed by atoms with van der Waals surface area (Å²) in [4.78, 5) is 0. The first kappa shape index (κ1) is 12.4. The van der Waals surface area contributed by atoms with E-state index in [0.29, 0.717) is 23.5 Å². The van der Waals surface area contributed by atoms with Gasteiger partial charge in [-0.25, -0.2) is 8.42 Å². The molecule has 1 aliphatic carbocycles. The Kier molecular flexibility index (Phi) is 3.32. The van der Waals surface area contributed by atoms with E-state index in [2.05, 4.69) is 19.2 Å². The molecular weight excluding hydrogens is 222 g/mol. The second-order valence-electron chi connectivity index (χ2n) is 5.92. The Morgan fingerprint density at radius 1 is 1.25 bits per heavy atom. The van der Waals surface area contributed by atoms with Crippen molar-refractivity contribution in [3.63, 3.8) is 0 Å². The van der Waals surface area contributed by atoms with Crippen LogP contribution in [0, 0.1) is 5.92 Å². The largest absolute Gasteiger partial charge is 0.307 e. The zero-order valence-corrected chi connectivity index (χ0v) is 11.1. The monoisotopic (exact) mass is 245 g/mol. The summed E-state index contributed by atoms with van der Waals surface area (Å²) < 4.78 is 23.1. The molecule has 1 aliphatic heterocycles. The molecule has 2 rings (SSSR count). The van der Waals surface area contributed by atoms with Crippen molar-refractivity contribution in [2.45, 2.75) is 57.5 Å². The smallest absolute Gasteiger partial charge is 0.152 e. The molecule has 1 heterocycles. The molecule has 0 aromatic heterocycles. The maximum atomic E-state index is 11.5. The van der Waals surface area contributed by atoms with E-state index in [1.54, 1.807) is 0 Å². The fourth-order valence-corrected chi connectivity index (χ4v) is 5.21. The molecule has 16 heavy (non-hydrogen) atoms. The van der Waals surface area contributed by atoms with Crippen molar-refractivity contribution in [1.82, 2.24) is 5.32 Å². The van der Waals surface area contributed by atoms with Gasteiger partial charge in [-0.1, -0.05) is 19.8 Å².